The van der Waals surface area contributed by atoms with Gasteiger partial charge in [0.2, 0.25) is 0 Å². The van der Waals surface area contributed by atoms with Crippen molar-refractivity contribution in [2.24, 2.45) is 0 Å². The van der Waals surface area contributed by atoms with Gasteiger partial charge in [-0.2, -0.15) is 5.10 Å². The lowest BCUT2D eigenvalue weighted by molar-refractivity contribution is 0.293. The highest BCUT2D eigenvalue weighted by Gasteiger charge is 2.16. The third-order valence-electron chi connectivity index (χ3n) is 3.33. The van der Waals surface area contributed by atoms with Gasteiger partial charge in [-0.25, -0.2) is 0 Å². The fraction of sp³-hybridized carbons (Fsp3) is 0.769. The Kier molecular flexibility index (Phi) is 4.18. The third-order valence-corrected chi connectivity index (χ3v) is 3.33. The summed E-state index contributed by atoms with van der Waals surface area (Å²) in [6.07, 6.45) is 6.78. The molecule has 0 radical (unpaired) electrons. The van der Waals surface area contributed by atoms with Gasteiger partial charge in [0.15, 0.2) is 0 Å². The second-order valence-electron chi connectivity index (χ2n) is 5.41. The van der Waals surface area contributed by atoms with Crippen molar-refractivity contribution in [2.45, 2.75) is 45.3 Å². The normalized spacial score (nSPS) is 20.6. The van der Waals surface area contributed by atoms with E-state index in [1.54, 1.807) is 0 Å². The molecule has 1 N–H and O–H groups in total. The number of hydrogen-bond acceptors (Lipinski definition) is 3. The quantitative estimate of drug-likeness (QED) is 0.844. The lowest BCUT2D eigenvalue weighted by atomic mass is 10.2. The minimum absolute atomic E-state index is 0.450. The van der Waals surface area contributed by atoms with E-state index in [-0.39, 0.29) is 0 Å². The number of likely N-dealkylation sites (N-methyl/N-ethyl adjacent to an activating group) is 1. The van der Waals surface area contributed by atoms with Crippen LogP contribution in [0, 0.1) is 0 Å². The summed E-state index contributed by atoms with van der Waals surface area (Å²) in [7, 11) is 2.19. The van der Waals surface area contributed by atoms with Crippen LogP contribution in [0.2, 0.25) is 0 Å². The standard InChI is InChI=1S/C13H24N4/c1-11(2)17-9-12(7-15-17)8-16(3)10-13-5-4-6-14-13/h7,9,11,13-14H,4-6,8,10H2,1-3H3. The molecule has 17 heavy (non-hydrogen) atoms. The average molecular weight is 236 g/mol. The van der Waals surface area contributed by atoms with E-state index in [2.05, 4.69) is 42.4 Å². The van der Waals surface area contributed by atoms with E-state index < -0.39 is 0 Å². The van der Waals surface area contributed by atoms with Gasteiger partial charge < -0.3 is 10.2 Å². The molecule has 1 aliphatic rings. The first-order chi connectivity index (χ1) is 8.15. The van der Waals surface area contributed by atoms with Gasteiger partial charge in [-0.1, -0.05) is 0 Å². The molecule has 4 heteroatoms. The molecule has 1 aromatic rings. The third kappa shape index (κ3) is 3.54. The van der Waals surface area contributed by atoms with Gasteiger partial charge in [0.1, 0.15) is 0 Å². The zero-order valence-electron chi connectivity index (χ0n) is 11.2. The minimum Gasteiger partial charge on any atom is -0.313 e. The zero-order valence-corrected chi connectivity index (χ0v) is 11.2. The first-order valence-corrected chi connectivity index (χ1v) is 6.60. The van der Waals surface area contributed by atoms with Crippen molar-refractivity contribution >= 4 is 0 Å². The predicted molar refractivity (Wildman–Crippen MR) is 70.0 cm³/mol. The molecular formula is C13H24N4. The fourth-order valence-electron chi connectivity index (χ4n) is 2.41. The Morgan fingerprint density at radius 2 is 2.41 bits per heavy atom. The van der Waals surface area contributed by atoms with Gasteiger partial charge >= 0.3 is 0 Å². The highest BCUT2D eigenvalue weighted by molar-refractivity contribution is 5.04. The molecule has 0 amide bonds. The Bertz CT molecular complexity index is 339. The Balaban J connectivity index is 1.82. The Hall–Kier alpha value is -0.870. The highest BCUT2D eigenvalue weighted by Crippen LogP contribution is 2.10. The molecule has 0 aliphatic carbocycles. The van der Waals surface area contributed by atoms with Crippen LogP contribution in [0.4, 0.5) is 0 Å². The molecule has 1 saturated heterocycles. The number of hydrogen-bond donors (Lipinski definition) is 1. The van der Waals surface area contributed by atoms with E-state index in [1.807, 2.05) is 10.9 Å². The smallest absolute Gasteiger partial charge is 0.0534 e. The van der Waals surface area contributed by atoms with E-state index in [9.17, 15) is 0 Å². The maximum atomic E-state index is 4.37. The molecule has 0 spiro atoms. The van der Waals surface area contributed by atoms with Gasteiger partial charge in [0.25, 0.3) is 0 Å². The monoisotopic (exact) mass is 236 g/mol. The maximum Gasteiger partial charge on any atom is 0.0534 e. The average Bonchev–Trinajstić information content (AvgIpc) is 2.88. The van der Waals surface area contributed by atoms with Gasteiger partial charge in [-0.05, 0) is 40.3 Å². The first-order valence-electron chi connectivity index (χ1n) is 6.60. The van der Waals surface area contributed by atoms with Crippen molar-refractivity contribution in [3.63, 3.8) is 0 Å². The highest BCUT2D eigenvalue weighted by atomic mass is 15.3. The topological polar surface area (TPSA) is 33.1 Å². The Morgan fingerprint density at radius 1 is 1.59 bits per heavy atom. The molecule has 4 nitrogen and oxygen atoms in total. The van der Waals surface area contributed by atoms with Gasteiger partial charge in [-0.15, -0.1) is 0 Å². The molecule has 1 aliphatic heterocycles. The van der Waals surface area contributed by atoms with Crippen LogP contribution in [0.25, 0.3) is 0 Å². The summed E-state index contributed by atoms with van der Waals surface area (Å²) in [5.41, 5.74) is 1.30. The Morgan fingerprint density at radius 3 is 3.00 bits per heavy atom. The summed E-state index contributed by atoms with van der Waals surface area (Å²) >= 11 is 0. The second kappa shape index (κ2) is 5.65. The predicted octanol–water partition coefficient (Wildman–Crippen LogP) is 1.65. The molecule has 96 valence electrons. The summed E-state index contributed by atoms with van der Waals surface area (Å²) < 4.78 is 2.02. The van der Waals surface area contributed by atoms with Crippen LogP contribution in [-0.4, -0.2) is 40.9 Å². The van der Waals surface area contributed by atoms with E-state index in [0.717, 1.165) is 13.1 Å². The zero-order chi connectivity index (χ0) is 12.3. The number of rotatable bonds is 5. The molecule has 1 aromatic heterocycles. The number of nitrogens with zero attached hydrogens (tertiary/aromatic N) is 3. The molecule has 0 aromatic carbocycles. The molecule has 2 heterocycles. The fourth-order valence-corrected chi connectivity index (χ4v) is 2.41. The Labute approximate surface area is 104 Å². The maximum absolute atomic E-state index is 4.37. The largest absolute Gasteiger partial charge is 0.313 e. The lowest BCUT2D eigenvalue weighted by Gasteiger charge is -2.20. The van der Waals surface area contributed by atoms with Crippen LogP contribution < -0.4 is 5.32 Å². The van der Waals surface area contributed by atoms with Crippen LogP contribution in [0.5, 0.6) is 0 Å². The summed E-state index contributed by atoms with van der Waals surface area (Å²) in [5, 5.41) is 7.91. The SMILES string of the molecule is CC(C)n1cc(CN(C)CC2CCCN2)cn1. The molecular weight excluding hydrogens is 212 g/mol. The molecule has 1 atom stereocenters. The van der Waals surface area contributed by atoms with Crippen LogP contribution >= 0.6 is 0 Å². The van der Waals surface area contributed by atoms with Crippen molar-refractivity contribution in [1.82, 2.24) is 20.0 Å². The van der Waals surface area contributed by atoms with Gasteiger partial charge in [-0.3, -0.25) is 4.68 Å². The van der Waals surface area contributed by atoms with E-state index in [4.69, 9.17) is 0 Å². The minimum atomic E-state index is 0.450. The van der Waals surface area contributed by atoms with Crippen molar-refractivity contribution < 1.29 is 0 Å². The van der Waals surface area contributed by atoms with Crippen molar-refractivity contribution in [3.8, 4) is 0 Å². The summed E-state index contributed by atoms with van der Waals surface area (Å²) in [5.74, 6) is 0. The molecule has 0 saturated carbocycles. The lowest BCUT2D eigenvalue weighted by Crippen LogP contribution is -2.34. The second-order valence-corrected chi connectivity index (χ2v) is 5.41. The van der Waals surface area contributed by atoms with Crippen molar-refractivity contribution in [3.05, 3.63) is 18.0 Å². The first kappa shape index (κ1) is 12.6. The molecule has 1 unspecified atom stereocenters. The summed E-state index contributed by atoms with van der Waals surface area (Å²) in [6.45, 7) is 7.62. The van der Waals surface area contributed by atoms with E-state index in [1.165, 1.54) is 24.9 Å². The van der Waals surface area contributed by atoms with Gasteiger partial charge in [0, 0.05) is 36.9 Å². The summed E-state index contributed by atoms with van der Waals surface area (Å²) in [4.78, 5) is 2.38. The molecule has 0 bridgehead atoms. The van der Waals surface area contributed by atoms with Crippen LogP contribution in [0.15, 0.2) is 12.4 Å². The molecule has 1 fully saturated rings. The van der Waals surface area contributed by atoms with E-state index in [0.29, 0.717) is 12.1 Å². The van der Waals surface area contributed by atoms with Crippen LogP contribution in [0.3, 0.4) is 0 Å². The van der Waals surface area contributed by atoms with Crippen LogP contribution in [-0.2, 0) is 6.54 Å². The van der Waals surface area contributed by atoms with Crippen LogP contribution in [0.1, 0.15) is 38.3 Å². The molecule has 2 rings (SSSR count). The summed E-state index contributed by atoms with van der Waals surface area (Å²) in [6, 6.07) is 1.13. The van der Waals surface area contributed by atoms with Crippen molar-refractivity contribution in [1.29, 1.82) is 0 Å². The number of nitrogens with one attached hydrogen (secondary N) is 1. The van der Waals surface area contributed by atoms with Gasteiger partial charge in [0.05, 0.1) is 6.20 Å². The van der Waals surface area contributed by atoms with Crippen molar-refractivity contribution in [2.75, 3.05) is 20.1 Å². The van der Waals surface area contributed by atoms with E-state index >= 15 is 0 Å². The number of aromatic nitrogens is 2.